The summed E-state index contributed by atoms with van der Waals surface area (Å²) in [6, 6.07) is 7.84. The van der Waals surface area contributed by atoms with Crippen molar-refractivity contribution >= 4 is 45.2 Å². The molecule has 1 aromatic heterocycles. The lowest BCUT2D eigenvalue weighted by molar-refractivity contribution is -0.121. The Morgan fingerprint density at radius 2 is 2.00 bits per heavy atom. The molecule has 7 heteroatoms. The summed E-state index contributed by atoms with van der Waals surface area (Å²) >= 11 is 4.90. The van der Waals surface area contributed by atoms with Gasteiger partial charge in [0.15, 0.2) is 0 Å². The summed E-state index contributed by atoms with van der Waals surface area (Å²) in [4.78, 5) is 23.4. The van der Waals surface area contributed by atoms with Crippen LogP contribution in [0.15, 0.2) is 45.6 Å². The molecule has 1 aromatic carbocycles. The minimum atomic E-state index is -0.364. The van der Waals surface area contributed by atoms with Gasteiger partial charge < -0.3 is 10.6 Å². The number of benzene rings is 1. The van der Waals surface area contributed by atoms with Gasteiger partial charge in [0.05, 0.1) is 10.2 Å². The van der Waals surface area contributed by atoms with E-state index in [4.69, 9.17) is 0 Å². The highest BCUT2D eigenvalue weighted by Gasteiger charge is 2.04. The first kappa shape index (κ1) is 18.4. The molecule has 2 amide bonds. The maximum atomic E-state index is 13.0. The van der Waals surface area contributed by atoms with Crippen molar-refractivity contribution in [3.63, 3.8) is 0 Å². The van der Waals surface area contributed by atoms with E-state index in [1.165, 1.54) is 18.2 Å². The third-order valence-corrected chi connectivity index (χ3v) is 4.54. The van der Waals surface area contributed by atoms with Crippen molar-refractivity contribution in [2.75, 3.05) is 13.1 Å². The number of halogens is 2. The minimum Gasteiger partial charge on any atom is -0.354 e. The molecule has 0 unspecified atom stereocenters. The molecule has 2 rings (SSSR count). The van der Waals surface area contributed by atoms with Crippen molar-refractivity contribution in [2.24, 2.45) is 0 Å². The zero-order valence-electron chi connectivity index (χ0n) is 12.7. The molecule has 0 aliphatic carbocycles. The van der Waals surface area contributed by atoms with Gasteiger partial charge in [0.1, 0.15) is 5.82 Å². The average Bonchev–Trinajstić information content (AvgIpc) is 2.95. The molecule has 0 spiro atoms. The number of carbonyl (C=O) groups excluding carboxylic acids is 2. The first-order valence-electron chi connectivity index (χ1n) is 7.24. The quantitative estimate of drug-likeness (QED) is 0.544. The lowest BCUT2D eigenvalue weighted by Crippen LogP contribution is -2.34. The molecular weight excluding hydrogens is 395 g/mol. The van der Waals surface area contributed by atoms with Crippen molar-refractivity contribution in [3.8, 4) is 0 Å². The summed E-state index contributed by atoms with van der Waals surface area (Å²) in [6.07, 6.45) is 3.28. The van der Waals surface area contributed by atoms with E-state index in [1.54, 1.807) is 29.5 Å². The summed E-state index contributed by atoms with van der Waals surface area (Å²) in [5.74, 6) is -0.804. The van der Waals surface area contributed by atoms with Crippen LogP contribution in [0.4, 0.5) is 4.39 Å². The van der Waals surface area contributed by atoms with Gasteiger partial charge in [-0.3, -0.25) is 9.59 Å². The normalized spacial score (nSPS) is 10.8. The Balaban J connectivity index is 1.64. The van der Waals surface area contributed by atoms with E-state index in [1.807, 2.05) is 11.4 Å². The highest BCUT2D eigenvalue weighted by molar-refractivity contribution is 9.11. The Morgan fingerprint density at radius 1 is 1.21 bits per heavy atom. The number of hydrogen-bond acceptors (Lipinski definition) is 3. The van der Waals surface area contributed by atoms with Crippen molar-refractivity contribution in [1.29, 1.82) is 0 Å². The molecule has 24 heavy (non-hydrogen) atoms. The lowest BCUT2D eigenvalue weighted by Gasteiger charge is -2.06. The minimum absolute atomic E-state index is 0.110. The molecule has 1 heterocycles. The molecule has 0 aliphatic rings. The van der Waals surface area contributed by atoms with Crippen LogP contribution < -0.4 is 10.6 Å². The first-order chi connectivity index (χ1) is 11.5. The van der Waals surface area contributed by atoms with E-state index >= 15 is 0 Å². The predicted octanol–water partition coefficient (Wildman–Crippen LogP) is 3.14. The van der Waals surface area contributed by atoms with Crippen LogP contribution in [0.5, 0.6) is 0 Å². The van der Waals surface area contributed by atoms with E-state index in [9.17, 15) is 14.0 Å². The van der Waals surface area contributed by atoms with E-state index < -0.39 is 0 Å². The molecule has 0 saturated heterocycles. The number of amides is 2. The number of thiophene rings is 1. The second kappa shape index (κ2) is 9.34. The molecule has 0 bridgehead atoms. The zero-order valence-corrected chi connectivity index (χ0v) is 15.1. The summed E-state index contributed by atoms with van der Waals surface area (Å²) in [5.41, 5.74) is 1.56. The van der Waals surface area contributed by atoms with E-state index in [0.29, 0.717) is 18.7 Å². The Kier molecular flexibility index (Phi) is 7.14. The molecule has 0 saturated carbocycles. The van der Waals surface area contributed by atoms with E-state index in [0.717, 1.165) is 9.35 Å². The van der Waals surface area contributed by atoms with Crippen molar-refractivity contribution in [3.05, 3.63) is 62.5 Å². The molecule has 2 aromatic rings. The molecule has 0 fully saturated rings. The Morgan fingerprint density at radius 3 is 2.71 bits per heavy atom. The number of rotatable bonds is 7. The number of carbonyl (C=O) groups is 2. The van der Waals surface area contributed by atoms with Gasteiger partial charge in [0, 0.05) is 19.2 Å². The molecule has 0 aliphatic heterocycles. The molecular formula is C17H16BrFN2O2S. The maximum absolute atomic E-state index is 13.0. The predicted molar refractivity (Wildman–Crippen MR) is 97.2 cm³/mol. The SMILES string of the molecule is O=C(/C=C/c1csc(Br)c1)NCCNC(=O)Cc1cccc(F)c1. The van der Waals surface area contributed by atoms with Gasteiger partial charge in [-0.15, -0.1) is 11.3 Å². The fraction of sp³-hybridized carbons (Fsp3) is 0.176. The second-order valence-electron chi connectivity index (χ2n) is 4.97. The van der Waals surface area contributed by atoms with Crippen LogP contribution in [-0.2, 0) is 16.0 Å². The van der Waals surface area contributed by atoms with Crippen molar-refractivity contribution in [1.82, 2.24) is 10.6 Å². The smallest absolute Gasteiger partial charge is 0.244 e. The summed E-state index contributed by atoms with van der Waals surface area (Å²) in [5, 5.41) is 7.29. The van der Waals surface area contributed by atoms with Gasteiger partial charge in [-0.25, -0.2) is 4.39 Å². The second-order valence-corrected chi connectivity index (χ2v) is 7.26. The topological polar surface area (TPSA) is 58.2 Å². The van der Waals surface area contributed by atoms with E-state index in [2.05, 4.69) is 26.6 Å². The fourth-order valence-electron chi connectivity index (χ4n) is 1.92. The van der Waals surface area contributed by atoms with Gasteiger partial charge in [-0.1, -0.05) is 12.1 Å². The van der Waals surface area contributed by atoms with Gasteiger partial charge in [-0.2, -0.15) is 0 Å². The van der Waals surface area contributed by atoms with Gasteiger partial charge in [0.2, 0.25) is 11.8 Å². The molecule has 0 radical (unpaired) electrons. The third-order valence-electron chi connectivity index (χ3n) is 3.02. The lowest BCUT2D eigenvalue weighted by atomic mass is 10.1. The average molecular weight is 411 g/mol. The van der Waals surface area contributed by atoms with Crippen molar-refractivity contribution in [2.45, 2.75) is 6.42 Å². The van der Waals surface area contributed by atoms with Crippen LogP contribution in [0.3, 0.4) is 0 Å². The molecule has 2 N–H and O–H groups in total. The Labute approximate surface area is 151 Å². The summed E-state index contributed by atoms with van der Waals surface area (Å²) < 4.78 is 14.0. The number of hydrogen-bond donors (Lipinski definition) is 2. The molecule has 126 valence electrons. The third kappa shape index (κ3) is 6.64. The molecule has 0 atom stereocenters. The van der Waals surface area contributed by atoms with Crippen LogP contribution >= 0.6 is 27.3 Å². The fourth-order valence-corrected chi connectivity index (χ4v) is 3.07. The largest absolute Gasteiger partial charge is 0.354 e. The summed E-state index contributed by atoms with van der Waals surface area (Å²) in [7, 11) is 0. The highest BCUT2D eigenvalue weighted by atomic mass is 79.9. The molecule has 4 nitrogen and oxygen atoms in total. The van der Waals surface area contributed by atoms with Crippen LogP contribution in [0.25, 0.3) is 6.08 Å². The standard InChI is InChI=1S/C17H16BrFN2O2S/c18-15-9-13(11-24-15)4-5-16(22)20-6-7-21-17(23)10-12-2-1-3-14(19)8-12/h1-5,8-9,11H,6-7,10H2,(H,20,22)(H,21,23)/b5-4+. The van der Waals surface area contributed by atoms with Crippen LogP contribution in [0.2, 0.25) is 0 Å². The van der Waals surface area contributed by atoms with Crippen LogP contribution in [0, 0.1) is 5.82 Å². The Hall–Kier alpha value is -1.99. The van der Waals surface area contributed by atoms with Gasteiger partial charge in [-0.05, 0) is 56.7 Å². The zero-order chi connectivity index (χ0) is 17.4. The first-order valence-corrected chi connectivity index (χ1v) is 8.91. The Bertz CT molecular complexity index is 746. The van der Waals surface area contributed by atoms with Gasteiger partial charge in [0.25, 0.3) is 0 Å². The maximum Gasteiger partial charge on any atom is 0.244 e. The monoisotopic (exact) mass is 410 g/mol. The summed E-state index contributed by atoms with van der Waals surface area (Å²) in [6.45, 7) is 0.642. The number of nitrogens with one attached hydrogen (secondary N) is 2. The van der Waals surface area contributed by atoms with Crippen LogP contribution in [-0.4, -0.2) is 24.9 Å². The van der Waals surface area contributed by atoms with E-state index in [-0.39, 0.29) is 24.1 Å². The van der Waals surface area contributed by atoms with Crippen LogP contribution in [0.1, 0.15) is 11.1 Å². The van der Waals surface area contributed by atoms with Crippen molar-refractivity contribution < 1.29 is 14.0 Å². The highest BCUT2D eigenvalue weighted by Crippen LogP contribution is 2.21. The van der Waals surface area contributed by atoms with Gasteiger partial charge >= 0.3 is 0 Å².